The minimum atomic E-state index is -4.03. The molecule has 9 heteroatoms. The van der Waals surface area contributed by atoms with Crippen LogP contribution in [-0.4, -0.2) is 18.0 Å². The third-order valence-electron chi connectivity index (χ3n) is 3.78. The number of halogens is 3. The number of nitrogens with zero attached hydrogens (tertiary/aromatic N) is 2. The third kappa shape index (κ3) is 3.91. The van der Waals surface area contributed by atoms with Gasteiger partial charge in [0.2, 0.25) is 10.0 Å². The fraction of sp³-hybridized carbons (Fsp3) is 0.118. The van der Waals surface area contributed by atoms with Gasteiger partial charge in [-0.2, -0.15) is 4.72 Å². The van der Waals surface area contributed by atoms with Crippen molar-refractivity contribution in [2.45, 2.75) is 10.9 Å². The molecule has 136 valence electrons. The highest BCUT2D eigenvalue weighted by Crippen LogP contribution is 2.28. The van der Waals surface area contributed by atoms with Gasteiger partial charge in [-0.1, -0.05) is 35.3 Å². The maximum absolute atomic E-state index is 13.3. The van der Waals surface area contributed by atoms with Gasteiger partial charge >= 0.3 is 0 Å². The number of benzene rings is 2. The molecule has 0 saturated heterocycles. The van der Waals surface area contributed by atoms with Gasteiger partial charge in [0, 0.05) is 24.5 Å². The predicted molar refractivity (Wildman–Crippen MR) is 98.2 cm³/mol. The predicted octanol–water partition coefficient (Wildman–Crippen LogP) is 3.93. The Morgan fingerprint density at radius 2 is 1.85 bits per heavy atom. The van der Waals surface area contributed by atoms with Gasteiger partial charge in [0.1, 0.15) is 22.6 Å². The number of hydrogen-bond acceptors (Lipinski definition) is 3. The maximum Gasteiger partial charge on any atom is 0.243 e. The lowest BCUT2D eigenvalue weighted by Crippen LogP contribution is -2.31. The summed E-state index contributed by atoms with van der Waals surface area (Å²) in [6.07, 6.45) is 3.24. The molecule has 0 fully saturated rings. The molecule has 1 aromatic heterocycles. The molecule has 0 aliphatic carbocycles. The SMILES string of the molecule is Cn1ccnc1C(NS(=O)(=O)c1cc(Cl)ccc1Cl)c1ccc(F)cc1. The average molecular weight is 414 g/mol. The highest BCUT2D eigenvalue weighted by molar-refractivity contribution is 7.89. The molecule has 0 saturated carbocycles. The fourth-order valence-electron chi connectivity index (χ4n) is 2.48. The molecular weight excluding hydrogens is 400 g/mol. The van der Waals surface area contributed by atoms with Crippen LogP contribution in [0.1, 0.15) is 17.4 Å². The zero-order chi connectivity index (χ0) is 18.9. The van der Waals surface area contributed by atoms with E-state index in [-0.39, 0.29) is 14.9 Å². The molecule has 0 spiro atoms. The minimum Gasteiger partial charge on any atom is -0.336 e. The zero-order valence-electron chi connectivity index (χ0n) is 13.5. The number of sulfonamides is 1. The van der Waals surface area contributed by atoms with E-state index in [0.717, 1.165) is 0 Å². The van der Waals surface area contributed by atoms with Gasteiger partial charge in [-0.05, 0) is 35.9 Å². The number of aromatic nitrogens is 2. The quantitative estimate of drug-likeness (QED) is 0.688. The van der Waals surface area contributed by atoms with E-state index in [9.17, 15) is 12.8 Å². The molecule has 1 atom stereocenters. The van der Waals surface area contributed by atoms with E-state index < -0.39 is 21.9 Å². The Morgan fingerprint density at radius 1 is 1.15 bits per heavy atom. The van der Waals surface area contributed by atoms with Gasteiger partial charge in [-0.3, -0.25) is 0 Å². The molecule has 0 aliphatic rings. The second-order valence-electron chi connectivity index (χ2n) is 5.58. The van der Waals surface area contributed by atoms with Crippen molar-refractivity contribution in [2.75, 3.05) is 0 Å². The maximum atomic E-state index is 13.3. The molecule has 0 amide bonds. The molecule has 0 bridgehead atoms. The van der Waals surface area contributed by atoms with E-state index in [1.807, 2.05) is 0 Å². The van der Waals surface area contributed by atoms with Gasteiger partial charge in [0.15, 0.2) is 0 Å². The van der Waals surface area contributed by atoms with Crippen molar-refractivity contribution in [3.63, 3.8) is 0 Å². The lowest BCUT2D eigenvalue weighted by atomic mass is 10.1. The standard InChI is InChI=1S/C17H14Cl2FN3O2S/c1-23-9-8-21-17(23)16(11-2-5-13(20)6-3-11)22-26(24,25)15-10-12(18)4-7-14(15)19/h2-10,16,22H,1H3. The second kappa shape index (κ2) is 7.36. The van der Waals surface area contributed by atoms with Crippen molar-refractivity contribution >= 4 is 33.2 Å². The van der Waals surface area contributed by atoms with Crippen molar-refractivity contribution in [1.82, 2.24) is 14.3 Å². The Labute approximate surface area is 160 Å². The van der Waals surface area contributed by atoms with Crippen LogP contribution in [0.3, 0.4) is 0 Å². The van der Waals surface area contributed by atoms with Gasteiger partial charge < -0.3 is 4.57 Å². The second-order valence-corrected chi connectivity index (χ2v) is 8.10. The first kappa shape index (κ1) is 18.8. The highest BCUT2D eigenvalue weighted by atomic mass is 35.5. The molecule has 2 aromatic carbocycles. The zero-order valence-corrected chi connectivity index (χ0v) is 15.9. The van der Waals surface area contributed by atoms with Crippen molar-refractivity contribution < 1.29 is 12.8 Å². The van der Waals surface area contributed by atoms with E-state index >= 15 is 0 Å². The van der Waals surface area contributed by atoms with E-state index in [1.165, 1.54) is 42.5 Å². The summed E-state index contributed by atoms with van der Waals surface area (Å²) in [6, 6.07) is 8.85. The van der Waals surface area contributed by atoms with Crippen LogP contribution in [0.15, 0.2) is 59.8 Å². The van der Waals surface area contributed by atoms with E-state index in [4.69, 9.17) is 23.2 Å². The Hall–Kier alpha value is -1.93. The van der Waals surface area contributed by atoms with Crippen LogP contribution in [0.2, 0.25) is 10.0 Å². The van der Waals surface area contributed by atoms with Crippen molar-refractivity contribution in [2.24, 2.45) is 7.05 Å². The summed E-state index contributed by atoms with van der Waals surface area (Å²) in [5.41, 5.74) is 0.530. The van der Waals surface area contributed by atoms with Gasteiger partial charge in [-0.15, -0.1) is 0 Å². The highest BCUT2D eigenvalue weighted by Gasteiger charge is 2.27. The molecule has 0 radical (unpaired) electrons. The smallest absolute Gasteiger partial charge is 0.243 e. The molecule has 1 heterocycles. The first-order valence-electron chi connectivity index (χ1n) is 7.48. The molecule has 1 unspecified atom stereocenters. The molecular formula is C17H14Cl2FN3O2S. The van der Waals surface area contributed by atoms with Crippen molar-refractivity contribution in [3.05, 3.63) is 82.1 Å². The summed E-state index contributed by atoms with van der Waals surface area (Å²) >= 11 is 11.9. The minimum absolute atomic E-state index is 0.0413. The topological polar surface area (TPSA) is 64.0 Å². The Morgan fingerprint density at radius 3 is 2.46 bits per heavy atom. The first-order valence-corrected chi connectivity index (χ1v) is 9.72. The number of aryl methyl sites for hydroxylation is 1. The molecule has 0 aliphatic heterocycles. The summed E-state index contributed by atoms with van der Waals surface area (Å²) < 4.78 is 43.3. The van der Waals surface area contributed by atoms with Crippen LogP contribution in [0.25, 0.3) is 0 Å². The van der Waals surface area contributed by atoms with Crippen LogP contribution >= 0.6 is 23.2 Å². The molecule has 3 aromatic rings. The number of imidazole rings is 1. The summed E-state index contributed by atoms with van der Waals surface area (Å²) in [6.45, 7) is 0. The third-order valence-corrected chi connectivity index (χ3v) is 5.92. The molecule has 3 rings (SSSR count). The normalized spacial score (nSPS) is 12.9. The fourth-order valence-corrected chi connectivity index (χ4v) is 4.43. The van der Waals surface area contributed by atoms with Crippen LogP contribution in [0, 0.1) is 5.82 Å². The average Bonchev–Trinajstić information content (AvgIpc) is 3.01. The van der Waals surface area contributed by atoms with E-state index in [2.05, 4.69) is 9.71 Å². The van der Waals surface area contributed by atoms with Gasteiger partial charge in [0.05, 0.1) is 5.02 Å². The lowest BCUT2D eigenvalue weighted by molar-refractivity contribution is 0.562. The molecule has 1 N–H and O–H groups in total. The summed E-state index contributed by atoms with van der Waals surface area (Å²) in [4.78, 5) is 4.07. The van der Waals surface area contributed by atoms with Crippen LogP contribution in [0.5, 0.6) is 0 Å². The van der Waals surface area contributed by atoms with E-state index in [1.54, 1.807) is 24.0 Å². The van der Waals surface area contributed by atoms with Crippen LogP contribution < -0.4 is 4.72 Å². The summed E-state index contributed by atoms with van der Waals surface area (Å²) in [7, 11) is -2.29. The largest absolute Gasteiger partial charge is 0.336 e. The Kier molecular flexibility index (Phi) is 5.34. The Bertz CT molecular complexity index is 1040. The molecule has 5 nitrogen and oxygen atoms in total. The van der Waals surface area contributed by atoms with Crippen LogP contribution in [0.4, 0.5) is 4.39 Å². The number of hydrogen-bond donors (Lipinski definition) is 1. The monoisotopic (exact) mass is 413 g/mol. The Balaban J connectivity index is 2.07. The van der Waals surface area contributed by atoms with Crippen LogP contribution in [-0.2, 0) is 17.1 Å². The number of rotatable bonds is 5. The number of nitrogens with one attached hydrogen (secondary N) is 1. The summed E-state index contributed by atoms with van der Waals surface area (Å²) in [5, 5.41) is 0.282. The van der Waals surface area contributed by atoms with Gasteiger partial charge in [0.25, 0.3) is 0 Å². The van der Waals surface area contributed by atoms with Gasteiger partial charge in [-0.25, -0.2) is 17.8 Å². The van der Waals surface area contributed by atoms with Crippen molar-refractivity contribution in [1.29, 1.82) is 0 Å². The molecule has 26 heavy (non-hydrogen) atoms. The summed E-state index contributed by atoms with van der Waals surface area (Å²) in [5.74, 6) is 0.0198. The lowest BCUT2D eigenvalue weighted by Gasteiger charge is -2.19. The first-order chi connectivity index (χ1) is 12.3. The van der Waals surface area contributed by atoms with E-state index in [0.29, 0.717) is 11.4 Å². The van der Waals surface area contributed by atoms with Crippen molar-refractivity contribution in [3.8, 4) is 0 Å².